The molecular weight excluding hydrogens is 262 g/mol. The molecule has 0 amide bonds. The van der Waals surface area contributed by atoms with Crippen LogP contribution in [-0.2, 0) is 13.6 Å². The van der Waals surface area contributed by atoms with Gasteiger partial charge in [-0.05, 0) is 42.5 Å². The first-order chi connectivity index (χ1) is 10.1. The van der Waals surface area contributed by atoms with Gasteiger partial charge in [-0.15, -0.1) is 0 Å². The van der Waals surface area contributed by atoms with Gasteiger partial charge in [0.25, 0.3) is 0 Å². The maximum atomic E-state index is 7.37. The monoisotopic (exact) mass is 278 g/mol. The van der Waals surface area contributed by atoms with Gasteiger partial charge in [-0.1, -0.05) is 6.07 Å². The zero-order chi connectivity index (χ0) is 14.8. The van der Waals surface area contributed by atoms with E-state index in [1.54, 1.807) is 0 Å². The number of fused-ring (bicyclic) bond motifs is 1. The number of anilines is 1. The number of aromatic nitrogens is 2. The summed E-state index contributed by atoms with van der Waals surface area (Å²) in [6, 6.07) is 16.3. The van der Waals surface area contributed by atoms with Crippen LogP contribution in [0.1, 0.15) is 11.4 Å². The molecule has 1 aromatic heterocycles. The number of amidine groups is 1. The number of aryl methyl sites for hydroxylation is 1. The second kappa shape index (κ2) is 5.28. The first-order valence-corrected chi connectivity index (χ1v) is 6.65. The molecule has 0 aliphatic heterocycles. The van der Waals surface area contributed by atoms with Crippen molar-refractivity contribution in [1.82, 2.24) is 9.55 Å². The topological polar surface area (TPSA) is 79.7 Å². The van der Waals surface area contributed by atoms with Crippen molar-refractivity contribution in [3.8, 4) is 0 Å². The number of imidazole rings is 1. The smallest absolute Gasteiger partial charge is 0.128 e. The fourth-order valence-electron chi connectivity index (χ4n) is 2.25. The molecule has 0 saturated heterocycles. The van der Waals surface area contributed by atoms with Gasteiger partial charge in [0.15, 0.2) is 0 Å². The van der Waals surface area contributed by atoms with E-state index in [1.165, 1.54) is 0 Å². The fourth-order valence-corrected chi connectivity index (χ4v) is 2.25. The number of rotatable bonds is 4. The van der Waals surface area contributed by atoms with E-state index in [0.29, 0.717) is 6.54 Å². The van der Waals surface area contributed by atoms with Crippen LogP contribution in [-0.4, -0.2) is 15.4 Å². The minimum absolute atomic E-state index is 0.0770. The van der Waals surface area contributed by atoms with Gasteiger partial charge < -0.3 is 15.6 Å². The Labute approximate surface area is 122 Å². The zero-order valence-corrected chi connectivity index (χ0v) is 11.7. The molecule has 2 aromatic carbocycles. The van der Waals surface area contributed by atoms with E-state index in [0.717, 1.165) is 28.1 Å². The third kappa shape index (κ3) is 2.58. The molecule has 5 heteroatoms. The molecule has 0 bridgehead atoms. The molecule has 3 rings (SSSR count). The quantitative estimate of drug-likeness (QED) is 0.506. The van der Waals surface area contributed by atoms with Crippen molar-refractivity contribution in [3.05, 3.63) is 59.9 Å². The van der Waals surface area contributed by atoms with Crippen LogP contribution >= 0.6 is 0 Å². The van der Waals surface area contributed by atoms with Crippen molar-refractivity contribution in [2.24, 2.45) is 12.8 Å². The average Bonchev–Trinajstić information content (AvgIpc) is 2.82. The fraction of sp³-hybridized carbons (Fsp3) is 0.125. The minimum atomic E-state index is 0.0770. The highest BCUT2D eigenvalue weighted by atomic mass is 15.1. The Kier molecular flexibility index (Phi) is 3.31. The molecule has 4 N–H and O–H groups in total. The normalized spacial score (nSPS) is 10.7. The molecule has 0 saturated carbocycles. The van der Waals surface area contributed by atoms with E-state index < -0.39 is 0 Å². The lowest BCUT2D eigenvalue weighted by molar-refractivity contribution is 0.834. The van der Waals surface area contributed by atoms with Crippen LogP contribution in [0.25, 0.3) is 11.0 Å². The second-order valence-corrected chi connectivity index (χ2v) is 4.85. The van der Waals surface area contributed by atoms with Gasteiger partial charge in [0.2, 0.25) is 0 Å². The second-order valence-electron chi connectivity index (χ2n) is 4.85. The number of benzene rings is 2. The van der Waals surface area contributed by atoms with E-state index in [4.69, 9.17) is 11.1 Å². The van der Waals surface area contributed by atoms with Crippen molar-refractivity contribution in [3.63, 3.8) is 0 Å². The molecule has 5 nitrogen and oxygen atoms in total. The molecule has 1 radical (unpaired) electrons. The molecule has 0 atom stereocenters. The molecule has 0 unspecified atom stereocenters. The third-order valence-corrected chi connectivity index (χ3v) is 3.46. The van der Waals surface area contributed by atoms with Gasteiger partial charge in [-0.3, -0.25) is 5.41 Å². The average molecular weight is 278 g/mol. The number of nitrogens with zero attached hydrogens (tertiary/aromatic N) is 2. The number of nitrogen functional groups attached to an aromatic ring is 1. The summed E-state index contributed by atoms with van der Waals surface area (Å²) in [6.07, 6.45) is 0. The molecule has 0 fully saturated rings. The lowest BCUT2D eigenvalue weighted by Crippen LogP contribution is -2.11. The lowest BCUT2D eigenvalue weighted by atomic mass is 10.2. The van der Waals surface area contributed by atoms with E-state index >= 15 is 0 Å². The minimum Gasteiger partial charge on any atom is -0.384 e. The van der Waals surface area contributed by atoms with Crippen LogP contribution in [0.5, 0.6) is 0 Å². The Balaban J connectivity index is 1.77. The third-order valence-electron chi connectivity index (χ3n) is 3.46. The van der Waals surface area contributed by atoms with Crippen LogP contribution in [0, 0.1) is 11.5 Å². The molecule has 21 heavy (non-hydrogen) atoms. The summed E-state index contributed by atoms with van der Waals surface area (Å²) < 4.78 is 2.07. The molecule has 0 aliphatic rings. The standard InChI is InChI=1S/C16H16N5/c1-21-14-5-3-2-4-13(14)20-15(21)10-19-12-8-6-11(7-9-12)16(17)18/h3-9,19H,10H2,1H3,(H3,17,18). The molecule has 0 aliphatic carbocycles. The van der Waals surface area contributed by atoms with Crippen LogP contribution in [0.15, 0.2) is 42.5 Å². The van der Waals surface area contributed by atoms with Crippen molar-refractivity contribution in [1.29, 1.82) is 5.41 Å². The largest absolute Gasteiger partial charge is 0.384 e. The van der Waals surface area contributed by atoms with Crippen molar-refractivity contribution >= 4 is 22.6 Å². The van der Waals surface area contributed by atoms with Crippen LogP contribution in [0.4, 0.5) is 5.69 Å². The number of hydrogen-bond donors (Lipinski definition) is 3. The Morgan fingerprint density at radius 1 is 1.33 bits per heavy atom. The van der Waals surface area contributed by atoms with Crippen LogP contribution < -0.4 is 11.1 Å². The SMILES string of the molecule is Cn1c(CNc2ccc(C(=N)N)cc2)nc2c[c]ccc21. The highest BCUT2D eigenvalue weighted by molar-refractivity contribution is 5.95. The van der Waals surface area contributed by atoms with E-state index in [9.17, 15) is 0 Å². The predicted octanol–water partition coefficient (Wildman–Crippen LogP) is 2.27. The Hall–Kier alpha value is -2.82. The molecule has 0 spiro atoms. The van der Waals surface area contributed by atoms with Crippen molar-refractivity contribution < 1.29 is 0 Å². The summed E-state index contributed by atoms with van der Waals surface area (Å²) in [6.45, 7) is 0.630. The van der Waals surface area contributed by atoms with E-state index in [1.807, 2.05) is 49.5 Å². The summed E-state index contributed by atoms with van der Waals surface area (Å²) in [5.74, 6) is 1.04. The highest BCUT2D eigenvalue weighted by Gasteiger charge is 2.06. The first-order valence-electron chi connectivity index (χ1n) is 6.65. The van der Waals surface area contributed by atoms with Crippen molar-refractivity contribution in [2.45, 2.75) is 6.54 Å². The van der Waals surface area contributed by atoms with Crippen molar-refractivity contribution in [2.75, 3.05) is 5.32 Å². The molecule has 105 valence electrons. The lowest BCUT2D eigenvalue weighted by Gasteiger charge is -2.07. The summed E-state index contributed by atoms with van der Waals surface area (Å²) in [5.41, 5.74) is 9.17. The van der Waals surface area contributed by atoms with Crippen LogP contribution in [0.3, 0.4) is 0 Å². The highest BCUT2D eigenvalue weighted by Crippen LogP contribution is 2.16. The summed E-state index contributed by atoms with van der Waals surface area (Å²) >= 11 is 0. The molecule has 3 aromatic rings. The summed E-state index contributed by atoms with van der Waals surface area (Å²) in [4.78, 5) is 4.59. The Morgan fingerprint density at radius 3 is 2.76 bits per heavy atom. The zero-order valence-electron chi connectivity index (χ0n) is 11.7. The maximum absolute atomic E-state index is 7.37. The Morgan fingerprint density at radius 2 is 2.10 bits per heavy atom. The summed E-state index contributed by atoms with van der Waals surface area (Å²) in [5, 5.41) is 10.7. The van der Waals surface area contributed by atoms with Gasteiger partial charge in [0.05, 0.1) is 17.6 Å². The maximum Gasteiger partial charge on any atom is 0.128 e. The summed E-state index contributed by atoms with van der Waals surface area (Å²) in [7, 11) is 2.01. The molecular formula is C16H16N5. The van der Waals surface area contributed by atoms with Crippen LogP contribution in [0.2, 0.25) is 0 Å². The van der Waals surface area contributed by atoms with Gasteiger partial charge in [-0.25, -0.2) is 4.98 Å². The number of nitrogens with two attached hydrogens (primary N) is 1. The number of hydrogen-bond acceptors (Lipinski definition) is 3. The van der Waals surface area contributed by atoms with E-state index in [2.05, 4.69) is 20.9 Å². The first kappa shape index (κ1) is 13.2. The predicted molar refractivity (Wildman–Crippen MR) is 84.3 cm³/mol. The van der Waals surface area contributed by atoms with E-state index in [-0.39, 0.29) is 5.84 Å². The number of nitrogens with one attached hydrogen (secondary N) is 2. The molecule has 1 heterocycles. The van der Waals surface area contributed by atoms with Gasteiger partial charge in [0, 0.05) is 18.3 Å². The van der Waals surface area contributed by atoms with Gasteiger partial charge in [0.1, 0.15) is 11.7 Å². The Bertz CT molecular complexity index is 786. The van der Waals surface area contributed by atoms with Gasteiger partial charge in [-0.2, -0.15) is 0 Å². The van der Waals surface area contributed by atoms with Gasteiger partial charge >= 0.3 is 0 Å².